The lowest BCUT2D eigenvalue weighted by atomic mass is 10.2. The summed E-state index contributed by atoms with van der Waals surface area (Å²) in [4.78, 5) is 33.6. The molecular weight excluding hydrogens is 434 g/mol. The highest BCUT2D eigenvalue weighted by atomic mass is 32.2. The van der Waals surface area contributed by atoms with Gasteiger partial charge in [0.05, 0.1) is 16.4 Å². The summed E-state index contributed by atoms with van der Waals surface area (Å²) in [5.74, 6) is 0.964. The van der Waals surface area contributed by atoms with Crippen LogP contribution in [0.1, 0.15) is 41.8 Å². The van der Waals surface area contributed by atoms with Crippen LogP contribution in [0.4, 0.5) is 0 Å². The van der Waals surface area contributed by atoms with E-state index in [9.17, 15) is 9.59 Å². The Morgan fingerprint density at radius 3 is 2.75 bits per heavy atom. The fourth-order valence-electron chi connectivity index (χ4n) is 2.42. The van der Waals surface area contributed by atoms with Crippen LogP contribution >= 0.6 is 46.2 Å². The summed E-state index contributed by atoms with van der Waals surface area (Å²) in [5.41, 5.74) is 0.898. The molecule has 11 heteroatoms. The molecule has 28 heavy (non-hydrogen) atoms. The number of H-pyrrole nitrogens is 1. The van der Waals surface area contributed by atoms with E-state index in [0.717, 1.165) is 30.4 Å². The number of aromatic nitrogens is 4. The summed E-state index contributed by atoms with van der Waals surface area (Å²) in [6.07, 6.45) is 0.917. The Morgan fingerprint density at radius 2 is 2.00 bits per heavy atom. The highest BCUT2D eigenvalue weighted by Crippen LogP contribution is 2.37. The Bertz CT molecular complexity index is 1040. The van der Waals surface area contributed by atoms with Gasteiger partial charge in [-0.1, -0.05) is 41.8 Å². The second kappa shape index (κ2) is 9.38. The molecular formula is C17H21N5O2S4. The maximum atomic E-state index is 12.5. The monoisotopic (exact) mass is 455 g/mol. The topological polar surface area (TPSA) is 101 Å². The zero-order valence-electron chi connectivity index (χ0n) is 16.0. The van der Waals surface area contributed by atoms with Crippen LogP contribution in [0, 0.1) is 13.8 Å². The van der Waals surface area contributed by atoms with Gasteiger partial charge in [0, 0.05) is 11.4 Å². The second-order valence-corrected chi connectivity index (χ2v) is 11.1. The molecule has 1 amide bonds. The number of aryl methyl sites for hydroxylation is 2. The first kappa shape index (κ1) is 21.3. The Morgan fingerprint density at radius 1 is 1.25 bits per heavy atom. The fourth-order valence-corrected chi connectivity index (χ4v) is 6.51. The summed E-state index contributed by atoms with van der Waals surface area (Å²) in [7, 11) is 0. The van der Waals surface area contributed by atoms with Gasteiger partial charge in [-0.3, -0.25) is 9.59 Å². The maximum Gasteiger partial charge on any atom is 0.259 e. The molecule has 7 nitrogen and oxygen atoms in total. The number of nitrogens with one attached hydrogen (secondary N) is 2. The van der Waals surface area contributed by atoms with Crippen LogP contribution in [-0.4, -0.2) is 38.4 Å². The summed E-state index contributed by atoms with van der Waals surface area (Å²) in [6, 6.07) is 0. The lowest BCUT2D eigenvalue weighted by molar-refractivity contribution is -0.118. The summed E-state index contributed by atoms with van der Waals surface area (Å²) in [5, 5.41) is 11.8. The third-order valence-electron chi connectivity index (χ3n) is 4.01. The van der Waals surface area contributed by atoms with E-state index in [-0.39, 0.29) is 16.7 Å². The first-order valence-corrected chi connectivity index (χ1v) is 12.3. The van der Waals surface area contributed by atoms with E-state index in [1.165, 1.54) is 34.9 Å². The molecule has 0 aliphatic rings. The Labute approximate surface area is 179 Å². The minimum absolute atomic E-state index is 0.00114. The van der Waals surface area contributed by atoms with E-state index in [4.69, 9.17) is 0 Å². The molecule has 3 rings (SSSR count). The van der Waals surface area contributed by atoms with E-state index >= 15 is 0 Å². The van der Waals surface area contributed by atoms with E-state index in [1.54, 1.807) is 11.3 Å². The van der Waals surface area contributed by atoms with E-state index in [2.05, 4.69) is 25.5 Å². The molecule has 2 N–H and O–H groups in total. The van der Waals surface area contributed by atoms with Crippen LogP contribution in [-0.2, 0) is 4.79 Å². The molecule has 0 saturated heterocycles. The lowest BCUT2D eigenvalue weighted by Gasteiger charge is -2.07. The first-order chi connectivity index (χ1) is 13.4. The van der Waals surface area contributed by atoms with Crippen LogP contribution in [0.3, 0.4) is 0 Å². The van der Waals surface area contributed by atoms with Gasteiger partial charge in [0.15, 0.2) is 8.68 Å². The summed E-state index contributed by atoms with van der Waals surface area (Å²) < 4.78 is 1.54. The highest BCUT2D eigenvalue weighted by Gasteiger charge is 2.18. The molecule has 0 spiro atoms. The molecule has 3 aromatic rings. The van der Waals surface area contributed by atoms with Crippen LogP contribution in [0.15, 0.2) is 13.5 Å². The third-order valence-corrected chi connectivity index (χ3v) is 8.36. The van der Waals surface area contributed by atoms with Crippen molar-refractivity contribution < 1.29 is 4.79 Å². The van der Waals surface area contributed by atoms with Gasteiger partial charge >= 0.3 is 0 Å². The van der Waals surface area contributed by atoms with Crippen LogP contribution in [0.25, 0.3) is 10.2 Å². The highest BCUT2D eigenvalue weighted by molar-refractivity contribution is 8.03. The minimum Gasteiger partial charge on any atom is -0.355 e. The predicted molar refractivity (Wildman–Crippen MR) is 118 cm³/mol. The number of carbonyl (C=O) groups is 1. The molecule has 3 aromatic heterocycles. The number of hydrogen-bond donors (Lipinski definition) is 2. The van der Waals surface area contributed by atoms with Crippen molar-refractivity contribution in [1.82, 2.24) is 25.5 Å². The summed E-state index contributed by atoms with van der Waals surface area (Å²) >= 11 is 5.86. The van der Waals surface area contributed by atoms with Crippen LogP contribution in [0.5, 0.6) is 0 Å². The van der Waals surface area contributed by atoms with Crippen molar-refractivity contribution >= 4 is 62.3 Å². The molecule has 150 valence electrons. The number of hydrogen-bond acceptors (Lipinski definition) is 9. The van der Waals surface area contributed by atoms with Crippen LogP contribution < -0.4 is 10.9 Å². The normalized spacial score (nSPS) is 12.4. The standard InChI is InChI=1S/C17H21N5O2S4/c1-5-6-18-11(23)7-25-16-21-22-17(28-16)27-10(4)13-19-14(24)12-8(2)9(3)26-15(12)20-13/h10H,5-7H2,1-4H3,(H,18,23)(H,19,20,24)/t10-/m1/s1. The molecule has 0 aliphatic carbocycles. The van der Waals surface area contributed by atoms with Crippen molar-refractivity contribution in [2.24, 2.45) is 0 Å². The minimum atomic E-state index is -0.0964. The van der Waals surface area contributed by atoms with E-state index < -0.39 is 0 Å². The maximum absolute atomic E-state index is 12.5. The number of nitrogens with zero attached hydrogens (tertiary/aromatic N) is 3. The Hall–Kier alpha value is -1.43. The van der Waals surface area contributed by atoms with Gasteiger partial charge in [0.1, 0.15) is 10.7 Å². The zero-order chi connectivity index (χ0) is 20.3. The smallest absolute Gasteiger partial charge is 0.259 e. The number of thioether (sulfide) groups is 2. The molecule has 0 saturated carbocycles. The number of thiophene rings is 1. The van der Waals surface area contributed by atoms with Crippen molar-refractivity contribution in [2.75, 3.05) is 12.3 Å². The average Bonchev–Trinajstić information content (AvgIpc) is 3.22. The predicted octanol–water partition coefficient (Wildman–Crippen LogP) is 3.92. The SMILES string of the molecule is CCCNC(=O)CSc1nnc(S[C@H](C)c2nc3sc(C)c(C)c3c(=O)[nH]2)s1. The number of fused-ring (bicyclic) bond motifs is 1. The van der Waals surface area contributed by atoms with Crippen molar-refractivity contribution in [1.29, 1.82) is 0 Å². The fraction of sp³-hybridized carbons (Fsp3) is 0.471. The lowest BCUT2D eigenvalue weighted by Crippen LogP contribution is -2.25. The van der Waals surface area contributed by atoms with Crippen molar-refractivity contribution in [3.05, 3.63) is 26.6 Å². The Balaban J connectivity index is 1.66. The van der Waals surface area contributed by atoms with Gasteiger partial charge in [0.25, 0.3) is 5.56 Å². The number of carbonyl (C=O) groups excluding carboxylic acids is 1. The van der Waals surface area contributed by atoms with Crippen molar-refractivity contribution in [3.8, 4) is 0 Å². The number of aromatic amines is 1. The number of rotatable bonds is 8. The van der Waals surface area contributed by atoms with Gasteiger partial charge < -0.3 is 10.3 Å². The average molecular weight is 456 g/mol. The number of amides is 1. The second-order valence-electron chi connectivity index (χ2n) is 6.15. The van der Waals surface area contributed by atoms with Crippen molar-refractivity contribution in [2.45, 2.75) is 48.0 Å². The first-order valence-electron chi connectivity index (χ1n) is 8.78. The van der Waals surface area contributed by atoms with Crippen LogP contribution in [0.2, 0.25) is 0 Å². The third kappa shape index (κ3) is 4.94. The molecule has 3 heterocycles. The molecule has 0 aliphatic heterocycles. The summed E-state index contributed by atoms with van der Waals surface area (Å²) in [6.45, 7) is 8.64. The van der Waals surface area contributed by atoms with Gasteiger partial charge in [0.2, 0.25) is 5.91 Å². The molecule has 0 aromatic carbocycles. The van der Waals surface area contributed by atoms with E-state index in [0.29, 0.717) is 23.5 Å². The molecule has 0 fully saturated rings. The molecule has 1 atom stereocenters. The molecule has 0 radical (unpaired) electrons. The zero-order valence-corrected chi connectivity index (χ0v) is 19.3. The molecule has 0 unspecified atom stereocenters. The van der Waals surface area contributed by atoms with E-state index in [1.807, 2.05) is 27.7 Å². The van der Waals surface area contributed by atoms with Gasteiger partial charge in [-0.05, 0) is 32.8 Å². The largest absolute Gasteiger partial charge is 0.355 e. The van der Waals surface area contributed by atoms with Gasteiger partial charge in [-0.2, -0.15) is 0 Å². The van der Waals surface area contributed by atoms with Gasteiger partial charge in [-0.15, -0.1) is 21.5 Å². The molecule has 0 bridgehead atoms. The van der Waals surface area contributed by atoms with Gasteiger partial charge in [-0.25, -0.2) is 4.98 Å². The Kier molecular flexibility index (Phi) is 7.13. The van der Waals surface area contributed by atoms with Crippen molar-refractivity contribution in [3.63, 3.8) is 0 Å². The quantitative estimate of drug-likeness (QED) is 0.496.